The Bertz CT molecular complexity index is 444. The summed E-state index contributed by atoms with van der Waals surface area (Å²) in [5, 5.41) is 0. The third-order valence-electron chi connectivity index (χ3n) is 3.40. The number of amides is 1. The lowest BCUT2D eigenvalue weighted by Crippen LogP contribution is -2.38. The summed E-state index contributed by atoms with van der Waals surface area (Å²) in [7, 11) is 1.56. The van der Waals surface area contributed by atoms with E-state index in [1.165, 1.54) is 0 Å². The fourth-order valence-corrected chi connectivity index (χ4v) is 2.19. The molecule has 0 aliphatic carbocycles. The number of benzene rings is 1. The zero-order chi connectivity index (χ0) is 15.1. The van der Waals surface area contributed by atoms with Crippen LogP contribution in [0.5, 0.6) is 5.75 Å². The highest BCUT2D eigenvalue weighted by Crippen LogP contribution is 2.26. The highest BCUT2D eigenvalue weighted by molar-refractivity contribution is 6.00. The molecule has 0 bridgehead atoms. The van der Waals surface area contributed by atoms with Gasteiger partial charge in [-0.3, -0.25) is 4.79 Å². The van der Waals surface area contributed by atoms with E-state index in [-0.39, 0.29) is 11.9 Å². The summed E-state index contributed by atoms with van der Waals surface area (Å²) in [6.45, 7) is 6.98. The summed E-state index contributed by atoms with van der Waals surface area (Å²) in [5.41, 5.74) is 6.96. The number of hydrogen-bond acceptors (Lipinski definition) is 3. The van der Waals surface area contributed by atoms with Crippen LogP contribution in [0.3, 0.4) is 0 Å². The van der Waals surface area contributed by atoms with E-state index in [0.29, 0.717) is 17.0 Å². The second-order valence-electron chi connectivity index (χ2n) is 5.22. The largest absolute Gasteiger partial charge is 0.495 e. The van der Waals surface area contributed by atoms with Crippen LogP contribution in [-0.2, 0) is 0 Å². The van der Waals surface area contributed by atoms with E-state index in [9.17, 15) is 4.79 Å². The Labute approximate surface area is 121 Å². The topological polar surface area (TPSA) is 55.6 Å². The Kier molecular flexibility index (Phi) is 6.36. The van der Waals surface area contributed by atoms with Crippen molar-refractivity contribution in [2.45, 2.75) is 46.1 Å². The van der Waals surface area contributed by atoms with Crippen LogP contribution in [0.4, 0.5) is 5.69 Å². The maximum atomic E-state index is 12.7. The maximum Gasteiger partial charge on any atom is 0.256 e. The van der Waals surface area contributed by atoms with Crippen LogP contribution in [0.15, 0.2) is 18.2 Å². The molecule has 112 valence electrons. The number of anilines is 1. The molecule has 0 atom stereocenters. The molecule has 0 fully saturated rings. The minimum atomic E-state index is -0.0208. The molecule has 0 aliphatic heterocycles. The van der Waals surface area contributed by atoms with Gasteiger partial charge in [0, 0.05) is 12.6 Å². The third kappa shape index (κ3) is 3.89. The van der Waals surface area contributed by atoms with Crippen LogP contribution in [0.1, 0.15) is 50.4 Å². The number of hydrogen-bond donors (Lipinski definition) is 1. The number of ether oxygens (including phenoxy) is 1. The van der Waals surface area contributed by atoms with Crippen LogP contribution in [0, 0.1) is 0 Å². The van der Waals surface area contributed by atoms with Crippen molar-refractivity contribution in [3.8, 4) is 5.75 Å². The smallest absolute Gasteiger partial charge is 0.256 e. The Morgan fingerprint density at radius 3 is 2.60 bits per heavy atom. The highest BCUT2D eigenvalue weighted by Gasteiger charge is 2.21. The molecule has 0 aliphatic rings. The Morgan fingerprint density at radius 1 is 1.35 bits per heavy atom. The van der Waals surface area contributed by atoms with Gasteiger partial charge in [0.1, 0.15) is 5.75 Å². The number of nitrogen functional groups attached to an aromatic ring is 1. The lowest BCUT2D eigenvalue weighted by Gasteiger charge is -2.27. The first kappa shape index (κ1) is 16.3. The Morgan fingerprint density at radius 2 is 2.05 bits per heavy atom. The van der Waals surface area contributed by atoms with E-state index in [4.69, 9.17) is 10.5 Å². The third-order valence-corrected chi connectivity index (χ3v) is 3.40. The maximum absolute atomic E-state index is 12.7. The molecule has 1 amide bonds. The molecule has 2 N–H and O–H groups in total. The van der Waals surface area contributed by atoms with Crippen LogP contribution in [0.25, 0.3) is 0 Å². The lowest BCUT2D eigenvalue weighted by atomic mass is 10.1. The van der Waals surface area contributed by atoms with Crippen LogP contribution in [0.2, 0.25) is 0 Å². The molecule has 1 rings (SSSR count). The lowest BCUT2D eigenvalue weighted by molar-refractivity contribution is 0.0703. The van der Waals surface area contributed by atoms with Gasteiger partial charge in [-0.25, -0.2) is 0 Å². The molecule has 1 aromatic carbocycles. The van der Waals surface area contributed by atoms with Crippen LogP contribution in [-0.4, -0.2) is 30.5 Å². The van der Waals surface area contributed by atoms with Crippen LogP contribution < -0.4 is 10.5 Å². The van der Waals surface area contributed by atoms with Crippen molar-refractivity contribution in [3.63, 3.8) is 0 Å². The van der Waals surface area contributed by atoms with Gasteiger partial charge in [0.25, 0.3) is 5.91 Å². The van der Waals surface area contributed by atoms with Gasteiger partial charge in [-0.1, -0.05) is 25.8 Å². The fraction of sp³-hybridized carbons (Fsp3) is 0.562. The van der Waals surface area contributed by atoms with Gasteiger partial charge >= 0.3 is 0 Å². The molecule has 1 aromatic rings. The van der Waals surface area contributed by atoms with Crippen molar-refractivity contribution < 1.29 is 9.53 Å². The molecule has 0 radical (unpaired) electrons. The predicted molar refractivity (Wildman–Crippen MR) is 83.1 cm³/mol. The Hall–Kier alpha value is -1.71. The first-order chi connectivity index (χ1) is 9.52. The van der Waals surface area contributed by atoms with E-state index in [1.807, 2.05) is 18.7 Å². The molecule has 0 saturated carbocycles. The van der Waals surface area contributed by atoms with Gasteiger partial charge in [-0.15, -0.1) is 0 Å². The van der Waals surface area contributed by atoms with Crippen molar-refractivity contribution in [1.82, 2.24) is 4.90 Å². The minimum absolute atomic E-state index is 0.0208. The van der Waals surface area contributed by atoms with Crippen molar-refractivity contribution in [2.75, 3.05) is 19.4 Å². The zero-order valence-electron chi connectivity index (χ0n) is 13.0. The number of unbranched alkanes of at least 4 members (excludes halogenated alkanes) is 2. The minimum Gasteiger partial charge on any atom is -0.495 e. The first-order valence-corrected chi connectivity index (χ1v) is 7.26. The molecule has 0 unspecified atom stereocenters. The van der Waals surface area contributed by atoms with Crippen molar-refractivity contribution in [2.24, 2.45) is 0 Å². The Balaban J connectivity index is 2.94. The standard InChI is InChI=1S/C16H26N2O2/c1-5-6-7-11-18(12(2)3)16(19)13-9-8-10-14(20-4)15(13)17/h8-10,12H,5-7,11,17H2,1-4H3. The summed E-state index contributed by atoms with van der Waals surface area (Å²) in [6, 6.07) is 5.48. The fourth-order valence-electron chi connectivity index (χ4n) is 2.19. The summed E-state index contributed by atoms with van der Waals surface area (Å²) in [4.78, 5) is 14.5. The number of nitrogens with two attached hydrogens (primary N) is 1. The molecule has 0 spiro atoms. The van der Waals surface area contributed by atoms with Gasteiger partial charge < -0.3 is 15.4 Å². The van der Waals surface area contributed by atoms with Gasteiger partial charge in [-0.05, 0) is 32.4 Å². The molecular weight excluding hydrogens is 252 g/mol. The van der Waals surface area contributed by atoms with Gasteiger partial charge in [0.2, 0.25) is 0 Å². The average Bonchev–Trinajstić information content (AvgIpc) is 2.43. The quantitative estimate of drug-likeness (QED) is 0.615. The SMILES string of the molecule is CCCCCN(C(=O)c1cccc(OC)c1N)C(C)C. The first-order valence-electron chi connectivity index (χ1n) is 7.26. The van der Waals surface area contributed by atoms with E-state index in [1.54, 1.807) is 25.3 Å². The number of para-hydroxylation sites is 1. The predicted octanol–water partition coefficient (Wildman–Crippen LogP) is 3.32. The van der Waals surface area contributed by atoms with Gasteiger partial charge in [0.15, 0.2) is 0 Å². The number of rotatable bonds is 7. The molecule has 4 nitrogen and oxygen atoms in total. The summed E-state index contributed by atoms with van der Waals surface area (Å²) in [6.07, 6.45) is 3.29. The number of carbonyl (C=O) groups is 1. The van der Waals surface area contributed by atoms with E-state index < -0.39 is 0 Å². The summed E-state index contributed by atoms with van der Waals surface area (Å²) in [5.74, 6) is 0.528. The van der Waals surface area contributed by atoms with Crippen LogP contribution >= 0.6 is 0 Å². The summed E-state index contributed by atoms with van der Waals surface area (Å²) >= 11 is 0. The summed E-state index contributed by atoms with van der Waals surface area (Å²) < 4.78 is 5.18. The van der Waals surface area contributed by atoms with E-state index in [2.05, 4.69) is 6.92 Å². The molecule has 0 saturated heterocycles. The molecule has 0 heterocycles. The molecule has 4 heteroatoms. The van der Waals surface area contributed by atoms with Crippen molar-refractivity contribution >= 4 is 11.6 Å². The highest BCUT2D eigenvalue weighted by atomic mass is 16.5. The molecule has 20 heavy (non-hydrogen) atoms. The van der Waals surface area contributed by atoms with Crippen molar-refractivity contribution in [1.29, 1.82) is 0 Å². The van der Waals surface area contributed by atoms with Crippen molar-refractivity contribution in [3.05, 3.63) is 23.8 Å². The average molecular weight is 278 g/mol. The monoisotopic (exact) mass is 278 g/mol. The second kappa shape index (κ2) is 7.78. The zero-order valence-corrected chi connectivity index (χ0v) is 13.0. The van der Waals surface area contributed by atoms with Gasteiger partial charge in [0.05, 0.1) is 18.4 Å². The van der Waals surface area contributed by atoms with E-state index in [0.717, 1.165) is 25.8 Å². The molecular formula is C16H26N2O2. The number of carbonyl (C=O) groups excluding carboxylic acids is 1. The number of methoxy groups -OCH3 is 1. The van der Waals surface area contributed by atoms with E-state index >= 15 is 0 Å². The van der Waals surface area contributed by atoms with Gasteiger partial charge in [-0.2, -0.15) is 0 Å². The molecule has 0 aromatic heterocycles. The number of nitrogens with zero attached hydrogens (tertiary/aromatic N) is 1. The normalized spacial score (nSPS) is 10.7. The second-order valence-corrected chi connectivity index (χ2v) is 5.22.